The van der Waals surface area contributed by atoms with Crippen molar-refractivity contribution in [3.63, 3.8) is 0 Å². The number of fused-ring (bicyclic) bond motifs is 6. The molecular weight excluding hydrogens is 963 g/mol. The maximum atomic E-state index is 13.9. The van der Waals surface area contributed by atoms with Crippen LogP contribution in [0.3, 0.4) is 0 Å². The van der Waals surface area contributed by atoms with Gasteiger partial charge in [-0.3, -0.25) is 24.0 Å². The Hall–Kier alpha value is -6.95. The van der Waals surface area contributed by atoms with Crippen molar-refractivity contribution in [2.24, 2.45) is 5.92 Å². The molecule has 7 rings (SSSR count). The van der Waals surface area contributed by atoms with Crippen LogP contribution in [0.2, 0.25) is 0 Å². The number of benzene rings is 1. The molecule has 4 aromatic rings. The third-order valence-corrected chi connectivity index (χ3v) is 13.7. The number of unbranched alkanes of at least 4 members (excludes halogenated alkanes) is 2. The molecule has 0 saturated carbocycles. The van der Waals surface area contributed by atoms with Gasteiger partial charge in [-0.05, 0) is 108 Å². The summed E-state index contributed by atoms with van der Waals surface area (Å²) in [4.78, 5) is 95.9. The zero-order valence-electron chi connectivity index (χ0n) is 44.0. The zero-order valence-corrected chi connectivity index (χ0v) is 44.0. The minimum absolute atomic E-state index is 0.0238. The summed E-state index contributed by atoms with van der Waals surface area (Å²) < 4.78 is 24.1. The lowest BCUT2D eigenvalue weighted by atomic mass is 9.86. The SMILES string of the molecule is CCCN(CCC)CCCC[C@H](NC(=O)C(NC(=O)CCCC#Cc1cnc(C)nc1)C(C)C)C(=O)NCC(=O)NCOCCCc1c2c(nc3cc4c(cc13)OCO4)-c1cc3c(c(=O)n1C2)COC(=O)[C@]3(O)CC. The number of ether oxygens (including phenoxy) is 4. The van der Waals surface area contributed by atoms with Gasteiger partial charge in [0.05, 0.1) is 41.1 Å². The molecule has 5 N–H and O–H groups in total. The van der Waals surface area contributed by atoms with Crippen molar-refractivity contribution in [1.82, 2.24) is 45.7 Å². The van der Waals surface area contributed by atoms with E-state index in [9.17, 15) is 33.9 Å². The number of cyclic esters (lactones) is 1. The molecule has 3 aromatic heterocycles. The fourth-order valence-corrected chi connectivity index (χ4v) is 9.67. The van der Waals surface area contributed by atoms with Gasteiger partial charge in [-0.15, -0.1) is 0 Å². The van der Waals surface area contributed by atoms with E-state index in [1.54, 1.807) is 42.9 Å². The van der Waals surface area contributed by atoms with E-state index in [2.05, 4.69) is 61.8 Å². The van der Waals surface area contributed by atoms with Crippen LogP contribution in [0.15, 0.2) is 35.4 Å². The van der Waals surface area contributed by atoms with Gasteiger partial charge in [-0.1, -0.05) is 46.5 Å². The molecule has 1 aromatic carbocycles. The number of pyridine rings is 2. The number of rotatable bonds is 26. The smallest absolute Gasteiger partial charge is 0.343 e. The predicted octanol–water partition coefficient (Wildman–Crippen LogP) is 4.19. The normalized spacial score (nSPS) is 15.8. The van der Waals surface area contributed by atoms with Gasteiger partial charge in [0, 0.05) is 54.4 Å². The Balaban J connectivity index is 0.930. The van der Waals surface area contributed by atoms with Crippen LogP contribution in [0.1, 0.15) is 132 Å². The van der Waals surface area contributed by atoms with Gasteiger partial charge in [0.25, 0.3) is 5.56 Å². The Morgan fingerprint density at radius 2 is 1.64 bits per heavy atom. The third-order valence-electron chi connectivity index (χ3n) is 13.7. The van der Waals surface area contributed by atoms with E-state index in [0.29, 0.717) is 78.3 Å². The van der Waals surface area contributed by atoms with Gasteiger partial charge in [0.2, 0.25) is 30.4 Å². The number of aliphatic hydroxyl groups is 1. The molecule has 0 aliphatic carbocycles. The first-order valence-corrected chi connectivity index (χ1v) is 26.3. The monoisotopic (exact) mass is 1030 g/mol. The summed E-state index contributed by atoms with van der Waals surface area (Å²) in [5.74, 6) is 4.92. The third kappa shape index (κ3) is 13.7. The average Bonchev–Trinajstić information content (AvgIpc) is 4.02. The molecule has 0 fully saturated rings. The van der Waals surface area contributed by atoms with Crippen molar-refractivity contribution in [3.8, 4) is 34.7 Å². The fraction of sp³-hybridized carbons (Fsp3) is 0.545. The van der Waals surface area contributed by atoms with Crippen molar-refractivity contribution in [2.75, 3.05) is 46.3 Å². The van der Waals surface area contributed by atoms with Gasteiger partial charge in [-0.25, -0.2) is 19.7 Å². The molecule has 1 unspecified atom stereocenters. The predicted molar refractivity (Wildman–Crippen MR) is 278 cm³/mol. The number of aryl methyl sites for hydroxylation is 2. The van der Waals surface area contributed by atoms with Crippen molar-refractivity contribution in [2.45, 2.75) is 143 Å². The van der Waals surface area contributed by atoms with Crippen LogP contribution < -0.4 is 36.3 Å². The molecule has 0 bridgehead atoms. The first-order valence-electron chi connectivity index (χ1n) is 26.3. The van der Waals surface area contributed by atoms with Crippen LogP contribution in [0.4, 0.5) is 0 Å². The largest absolute Gasteiger partial charge is 0.458 e. The van der Waals surface area contributed by atoms with Crippen LogP contribution in [0, 0.1) is 24.7 Å². The Labute approximate surface area is 437 Å². The number of esters is 1. The summed E-state index contributed by atoms with van der Waals surface area (Å²) in [5, 5.41) is 23.3. The molecule has 20 heteroatoms. The number of hydrogen-bond acceptors (Lipinski definition) is 15. The molecule has 6 heterocycles. The van der Waals surface area contributed by atoms with E-state index in [4.69, 9.17) is 23.9 Å². The Kier molecular flexibility index (Phi) is 19.3. The molecule has 0 radical (unpaired) electrons. The topological polar surface area (TPSA) is 255 Å². The summed E-state index contributed by atoms with van der Waals surface area (Å²) in [6, 6.07) is 3.51. The number of hydrogen-bond donors (Lipinski definition) is 5. The van der Waals surface area contributed by atoms with Gasteiger partial charge >= 0.3 is 5.97 Å². The average molecular weight is 1030 g/mol. The van der Waals surface area contributed by atoms with E-state index >= 15 is 0 Å². The van der Waals surface area contributed by atoms with Crippen LogP contribution in [0.5, 0.6) is 11.5 Å². The number of nitrogens with one attached hydrogen (secondary N) is 4. The number of carbonyl (C=O) groups is 5. The molecule has 402 valence electrons. The van der Waals surface area contributed by atoms with Crippen LogP contribution in [0.25, 0.3) is 22.3 Å². The summed E-state index contributed by atoms with van der Waals surface area (Å²) in [7, 11) is 0. The second kappa shape index (κ2) is 26.0. The van der Waals surface area contributed by atoms with Crippen molar-refractivity contribution in [1.29, 1.82) is 0 Å². The van der Waals surface area contributed by atoms with E-state index in [1.807, 2.05) is 19.9 Å². The first kappa shape index (κ1) is 55.8. The molecule has 75 heavy (non-hydrogen) atoms. The van der Waals surface area contributed by atoms with Gasteiger partial charge in [0.1, 0.15) is 31.2 Å². The van der Waals surface area contributed by atoms with Crippen molar-refractivity contribution < 1.29 is 48.0 Å². The number of aromatic nitrogens is 4. The number of amides is 4. The van der Waals surface area contributed by atoms with E-state index in [1.165, 1.54) is 0 Å². The highest BCUT2D eigenvalue weighted by Crippen LogP contribution is 2.43. The highest BCUT2D eigenvalue weighted by atomic mass is 16.7. The maximum absolute atomic E-state index is 13.9. The molecule has 0 saturated heterocycles. The van der Waals surface area contributed by atoms with Crippen molar-refractivity contribution in [3.05, 3.63) is 74.6 Å². The highest BCUT2D eigenvalue weighted by molar-refractivity contribution is 5.94. The maximum Gasteiger partial charge on any atom is 0.343 e. The lowest BCUT2D eigenvalue weighted by Crippen LogP contribution is -2.56. The van der Waals surface area contributed by atoms with E-state index in [0.717, 1.165) is 55.4 Å². The number of carbonyl (C=O) groups excluding carboxylic acids is 5. The molecule has 4 amide bonds. The Bertz CT molecular complexity index is 2850. The van der Waals surface area contributed by atoms with Gasteiger partial charge < -0.3 is 54.8 Å². The number of nitrogens with zero attached hydrogens (tertiary/aromatic N) is 5. The Morgan fingerprint density at radius 3 is 2.36 bits per heavy atom. The highest BCUT2D eigenvalue weighted by Gasteiger charge is 2.45. The van der Waals surface area contributed by atoms with E-state index < -0.39 is 41.4 Å². The molecule has 3 aliphatic rings. The second-order valence-electron chi connectivity index (χ2n) is 19.6. The van der Waals surface area contributed by atoms with Gasteiger partial charge in [0.15, 0.2) is 17.1 Å². The summed E-state index contributed by atoms with van der Waals surface area (Å²) in [5.41, 5.74) is 2.21. The summed E-state index contributed by atoms with van der Waals surface area (Å²) in [6.07, 6.45) is 9.30. The zero-order chi connectivity index (χ0) is 53.6. The van der Waals surface area contributed by atoms with Crippen LogP contribution in [-0.4, -0.2) is 118 Å². The lowest BCUT2D eigenvalue weighted by Gasteiger charge is -2.31. The standard InChI is InChI=1S/C55H71N9O11/c1-7-20-63(21-8-2)22-14-13-18-42(61-52(68)49(34(4)5)62-47(65)19-12-10-11-16-36-27-56-35(6)57-28-36)51(67)58-29-48(66)59-32-72-23-15-17-37-38-24-45-46(75-33-74-45)26-43(38)60-50-39(37)30-64-44(50)25-41-40(53(64)69)31-73-54(70)55(41,71)9-3/h24-28,34,42,49,71H,7-10,12-15,17-23,29-33H2,1-6H3,(H,58,67)(H,59,66)(H,61,68)(H,62,65)/t42-,49?,55-/m0/s1. The van der Waals surface area contributed by atoms with Crippen LogP contribution >= 0.6 is 0 Å². The van der Waals surface area contributed by atoms with E-state index in [-0.39, 0.29) is 81.2 Å². The molecule has 20 nitrogen and oxygen atoms in total. The molecular formula is C55H71N9O11. The second-order valence-corrected chi connectivity index (χ2v) is 19.6. The van der Waals surface area contributed by atoms with Gasteiger partial charge in [-0.2, -0.15) is 0 Å². The fourth-order valence-electron chi connectivity index (χ4n) is 9.67. The lowest BCUT2D eigenvalue weighted by molar-refractivity contribution is -0.172. The summed E-state index contributed by atoms with van der Waals surface area (Å²) >= 11 is 0. The molecule has 3 atom stereocenters. The van der Waals surface area contributed by atoms with Crippen LogP contribution in [-0.2, 0) is 58.6 Å². The quantitative estimate of drug-likeness (QED) is 0.0225. The van der Waals surface area contributed by atoms with Crippen molar-refractivity contribution >= 4 is 40.5 Å². The first-order chi connectivity index (χ1) is 36.1. The summed E-state index contributed by atoms with van der Waals surface area (Å²) in [6.45, 7) is 14.0. The molecule has 0 spiro atoms. The minimum Gasteiger partial charge on any atom is -0.458 e. The molecule has 3 aliphatic heterocycles. The Morgan fingerprint density at radius 1 is 0.893 bits per heavy atom. The minimum atomic E-state index is -1.96.